The molecule has 1 fully saturated rings. The van der Waals surface area contributed by atoms with Crippen molar-refractivity contribution in [2.45, 2.75) is 26.2 Å². The lowest BCUT2D eigenvalue weighted by molar-refractivity contribution is -0.132. The maximum Gasteiger partial charge on any atom is 0.224 e. The van der Waals surface area contributed by atoms with Crippen LogP contribution in [0.1, 0.15) is 26.2 Å². The molecular weight excluding hydrogens is 243 g/mol. The number of rotatable bonds is 4. The van der Waals surface area contributed by atoms with E-state index in [4.69, 9.17) is 0 Å². The number of nitrogens with zero attached hydrogens (tertiary/aromatic N) is 1. The van der Waals surface area contributed by atoms with Crippen LogP contribution in [-0.2, 0) is 4.79 Å². The molecule has 0 spiro atoms. The molecule has 0 atom stereocenters. The summed E-state index contributed by atoms with van der Waals surface area (Å²) < 4.78 is 12.7. The quantitative estimate of drug-likeness (QED) is 0.907. The Kier molecular flexibility index (Phi) is 4.77. The Hall–Kier alpha value is -1.58. The highest BCUT2D eigenvalue weighted by Gasteiger charge is 2.19. The first-order valence-corrected chi connectivity index (χ1v) is 6.92. The number of hydrogen-bond donors (Lipinski definition) is 1. The van der Waals surface area contributed by atoms with Gasteiger partial charge >= 0.3 is 0 Å². The summed E-state index contributed by atoms with van der Waals surface area (Å²) in [6.07, 6.45) is 2.71. The summed E-state index contributed by atoms with van der Waals surface area (Å²) in [4.78, 5) is 13.9. The highest BCUT2D eigenvalue weighted by Crippen LogP contribution is 2.16. The molecule has 1 saturated heterocycles. The Bertz CT molecular complexity index is 411. The molecule has 0 radical (unpaired) electrons. The Morgan fingerprint density at radius 2 is 1.95 bits per heavy atom. The van der Waals surface area contributed by atoms with Gasteiger partial charge in [-0.3, -0.25) is 4.79 Å². The van der Waals surface area contributed by atoms with Crippen molar-refractivity contribution in [2.24, 2.45) is 5.92 Å². The Morgan fingerprint density at radius 3 is 2.58 bits per heavy atom. The fourth-order valence-corrected chi connectivity index (χ4v) is 2.30. The van der Waals surface area contributed by atoms with Gasteiger partial charge in [0.15, 0.2) is 0 Å². The van der Waals surface area contributed by atoms with Gasteiger partial charge in [0, 0.05) is 31.7 Å². The Balaban J connectivity index is 1.70. The second-order valence-electron chi connectivity index (χ2n) is 5.25. The normalized spacial score (nSPS) is 16.4. The summed E-state index contributed by atoms with van der Waals surface area (Å²) in [5.74, 6) is 0.701. The summed E-state index contributed by atoms with van der Waals surface area (Å²) in [7, 11) is 0. The van der Waals surface area contributed by atoms with Crippen molar-refractivity contribution >= 4 is 11.6 Å². The number of anilines is 1. The second-order valence-corrected chi connectivity index (χ2v) is 5.25. The molecule has 1 aliphatic heterocycles. The van der Waals surface area contributed by atoms with E-state index in [1.165, 1.54) is 12.1 Å². The number of likely N-dealkylation sites (tertiary alicyclic amines) is 1. The average Bonchev–Trinajstić information content (AvgIpc) is 2.41. The molecule has 1 heterocycles. The van der Waals surface area contributed by atoms with Crippen molar-refractivity contribution in [1.82, 2.24) is 4.90 Å². The third-order valence-corrected chi connectivity index (χ3v) is 3.65. The third-order valence-electron chi connectivity index (χ3n) is 3.65. The number of carbonyl (C=O) groups is 1. The minimum Gasteiger partial charge on any atom is -0.385 e. The molecule has 19 heavy (non-hydrogen) atoms. The fourth-order valence-electron chi connectivity index (χ4n) is 2.30. The van der Waals surface area contributed by atoms with Gasteiger partial charge in [-0.05, 0) is 43.0 Å². The fraction of sp³-hybridized carbons (Fsp3) is 0.533. The molecule has 0 saturated carbocycles. The van der Waals surface area contributed by atoms with Crippen LogP contribution in [-0.4, -0.2) is 30.4 Å². The van der Waals surface area contributed by atoms with Gasteiger partial charge in [-0.15, -0.1) is 0 Å². The van der Waals surface area contributed by atoms with Crippen LogP contribution in [0.3, 0.4) is 0 Å². The predicted molar refractivity (Wildman–Crippen MR) is 74.5 cm³/mol. The third kappa shape index (κ3) is 4.23. The first kappa shape index (κ1) is 13.8. The molecule has 0 unspecified atom stereocenters. The van der Waals surface area contributed by atoms with E-state index >= 15 is 0 Å². The summed E-state index contributed by atoms with van der Waals surface area (Å²) in [6.45, 7) is 4.60. The van der Waals surface area contributed by atoms with E-state index in [0.717, 1.165) is 37.5 Å². The minimum atomic E-state index is -0.246. The highest BCUT2D eigenvalue weighted by atomic mass is 19.1. The van der Waals surface area contributed by atoms with Crippen LogP contribution < -0.4 is 5.32 Å². The van der Waals surface area contributed by atoms with Crippen molar-refractivity contribution < 1.29 is 9.18 Å². The van der Waals surface area contributed by atoms with Crippen molar-refractivity contribution in [3.8, 4) is 0 Å². The van der Waals surface area contributed by atoms with Crippen molar-refractivity contribution in [1.29, 1.82) is 0 Å². The molecule has 1 aromatic carbocycles. The molecule has 1 N–H and O–H groups in total. The lowest BCUT2D eigenvalue weighted by atomic mass is 9.99. The summed E-state index contributed by atoms with van der Waals surface area (Å²) in [5, 5.41) is 3.14. The first-order chi connectivity index (χ1) is 9.15. The maximum absolute atomic E-state index is 12.7. The van der Waals surface area contributed by atoms with E-state index in [1.807, 2.05) is 4.90 Å². The summed E-state index contributed by atoms with van der Waals surface area (Å²) in [6, 6.07) is 6.19. The number of halogens is 1. The monoisotopic (exact) mass is 264 g/mol. The van der Waals surface area contributed by atoms with Crippen LogP contribution in [0, 0.1) is 11.7 Å². The molecule has 2 rings (SSSR count). The van der Waals surface area contributed by atoms with Crippen molar-refractivity contribution in [3.05, 3.63) is 30.1 Å². The molecule has 1 aliphatic rings. The Morgan fingerprint density at radius 1 is 1.32 bits per heavy atom. The molecule has 3 nitrogen and oxygen atoms in total. The maximum atomic E-state index is 12.7. The lowest BCUT2D eigenvalue weighted by Crippen LogP contribution is -2.38. The van der Waals surface area contributed by atoms with Crippen LogP contribution in [0.25, 0.3) is 0 Å². The number of piperidine rings is 1. The largest absolute Gasteiger partial charge is 0.385 e. The van der Waals surface area contributed by atoms with Gasteiger partial charge in [0.25, 0.3) is 0 Å². The van der Waals surface area contributed by atoms with E-state index in [9.17, 15) is 9.18 Å². The van der Waals surface area contributed by atoms with Gasteiger partial charge in [-0.25, -0.2) is 4.39 Å². The van der Waals surface area contributed by atoms with Gasteiger partial charge in [0.05, 0.1) is 0 Å². The van der Waals surface area contributed by atoms with Crippen molar-refractivity contribution in [2.75, 3.05) is 25.0 Å². The number of carbonyl (C=O) groups excluding carboxylic acids is 1. The van der Waals surface area contributed by atoms with E-state index in [-0.39, 0.29) is 11.7 Å². The summed E-state index contributed by atoms with van der Waals surface area (Å²) in [5.41, 5.74) is 0.849. The van der Waals surface area contributed by atoms with E-state index in [2.05, 4.69) is 12.2 Å². The highest BCUT2D eigenvalue weighted by molar-refractivity contribution is 5.76. The zero-order valence-electron chi connectivity index (χ0n) is 11.4. The Labute approximate surface area is 113 Å². The molecule has 0 bridgehead atoms. The predicted octanol–water partition coefficient (Wildman–Crippen LogP) is 2.89. The van der Waals surface area contributed by atoms with Crippen LogP contribution in [0.15, 0.2) is 24.3 Å². The zero-order chi connectivity index (χ0) is 13.7. The van der Waals surface area contributed by atoms with E-state index in [1.54, 1.807) is 12.1 Å². The van der Waals surface area contributed by atoms with Crippen molar-refractivity contribution in [3.63, 3.8) is 0 Å². The van der Waals surface area contributed by atoms with Crippen LogP contribution in [0.4, 0.5) is 10.1 Å². The standard InChI is InChI=1S/C15H21FN2O/c1-12-7-10-18(11-8-12)15(19)6-9-17-14-4-2-13(16)3-5-14/h2-5,12,17H,6-11H2,1H3. The molecule has 0 aromatic heterocycles. The van der Waals surface area contributed by atoms with Crippen LogP contribution in [0.5, 0.6) is 0 Å². The van der Waals surface area contributed by atoms with Gasteiger partial charge in [-0.2, -0.15) is 0 Å². The average molecular weight is 264 g/mol. The van der Waals surface area contributed by atoms with Crippen LogP contribution >= 0.6 is 0 Å². The molecular formula is C15H21FN2O. The lowest BCUT2D eigenvalue weighted by Gasteiger charge is -2.30. The zero-order valence-corrected chi connectivity index (χ0v) is 11.4. The number of hydrogen-bond acceptors (Lipinski definition) is 2. The number of nitrogens with one attached hydrogen (secondary N) is 1. The topological polar surface area (TPSA) is 32.3 Å². The van der Waals surface area contributed by atoms with Gasteiger partial charge in [0.1, 0.15) is 5.82 Å². The first-order valence-electron chi connectivity index (χ1n) is 6.92. The second kappa shape index (κ2) is 6.55. The SMILES string of the molecule is CC1CCN(C(=O)CCNc2ccc(F)cc2)CC1. The van der Waals surface area contributed by atoms with Crippen LogP contribution in [0.2, 0.25) is 0 Å². The molecule has 1 amide bonds. The van der Waals surface area contributed by atoms with E-state index < -0.39 is 0 Å². The minimum absolute atomic E-state index is 0.210. The molecule has 0 aliphatic carbocycles. The molecule has 1 aromatic rings. The molecule has 4 heteroatoms. The summed E-state index contributed by atoms with van der Waals surface area (Å²) >= 11 is 0. The smallest absolute Gasteiger partial charge is 0.224 e. The van der Waals surface area contributed by atoms with Gasteiger partial charge in [0.2, 0.25) is 5.91 Å². The molecule has 104 valence electrons. The van der Waals surface area contributed by atoms with Gasteiger partial charge in [-0.1, -0.05) is 6.92 Å². The van der Waals surface area contributed by atoms with E-state index in [0.29, 0.717) is 13.0 Å². The number of amides is 1. The number of benzene rings is 1. The van der Waals surface area contributed by atoms with Gasteiger partial charge < -0.3 is 10.2 Å².